The average molecular weight is 575 g/mol. The van der Waals surface area contributed by atoms with Crippen molar-refractivity contribution < 1.29 is 35.1 Å². The van der Waals surface area contributed by atoms with Crippen molar-refractivity contribution in [3.8, 4) is 17.0 Å². The van der Waals surface area contributed by atoms with Gasteiger partial charge in [0.25, 0.3) is 12.3 Å². The number of nitrogens with two attached hydrogens (primary N) is 1. The van der Waals surface area contributed by atoms with Gasteiger partial charge >= 0.3 is 0 Å². The van der Waals surface area contributed by atoms with Gasteiger partial charge in [0.1, 0.15) is 17.1 Å². The lowest BCUT2D eigenvalue weighted by atomic mass is 9.90. The Labute approximate surface area is 218 Å². The van der Waals surface area contributed by atoms with Crippen molar-refractivity contribution in [3.05, 3.63) is 29.7 Å². The molecule has 11 nitrogen and oxygen atoms in total. The van der Waals surface area contributed by atoms with Gasteiger partial charge in [-0.2, -0.15) is 9.29 Å². The van der Waals surface area contributed by atoms with Crippen LogP contribution in [0.25, 0.3) is 27.7 Å². The van der Waals surface area contributed by atoms with Gasteiger partial charge in [-0.25, -0.2) is 39.6 Å². The molecule has 1 aromatic carbocycles. The Morgan fingerprint density at radius 1 is 1.26 bits per heavy atom. The summed E-state index contributed by atoms with van der Waals surface area (Å²) in [7, 11) is -2.70. The second-order valence-electron chi connectivity index (χ2n) is 9.33. The Bertz CT molecular complexity index is 1690. The number of rotatable bonds is 6. The van der Waals surface area contributed by atoms with E-state index in [1.807, 2.05) is 0 Å². The summed E-state index contributed by atoms with van der Waals surface area (Å²) in [6.07, 6.45) is -2.37. The van der Waals surface area contributed by atoms with Gasteiger partial charge in [0.2, 0.25) is 21.9 Å². The third-order valence-electron chi connectivity index (χ3n) is 6.81. The number of fused-ring (bicyclic) bond motifs is 2. The van der Waals surface area contributed by atoms with Gasteiger partial charge in [0, 0.05) is 6.54 Å². The van der Waals surface area contributed by atoms with E-state index in [0.717, 1.165) is 15.5 Å². The molecular weight excluding hydrogens is 551 g/mol. The van der Waals surface area contributed by atoms with Crippen LogP contribution >= 0.6 is 0 Å². The number of aromatic nitrogens is 6. The van der Waals surface area contributed by atoms with Crippen molar-refractivity contribution in [3.63, 3.8) is 0 Å². The number of ether oxygens (including phenoxy) is 1. The molecule has 0 saturated carbocycles. The van der Waals surface area contributed by atoms with Gasteiger partial charge in [0.15, 0.2) is 5.82 Å². The Kier molecular flexibility index (Phi) is 6.40. The van der Waals surface area contributed by atoms with E-state index in [-0.39, 0.29) is 46.1 Å². The monoisotopic (exact) mass is 574 g/mol. The maximum Gasteiger partial charge on any atom is 0.270 e. The number of nitrogens with zero attached hydrogens (tertiary/aromatic N) is 7. The summed E-state index contributed by atoms with van der Waals surface area (Å²) in [5.74, 6) is -7.16. The highest BCUT2D eigenvalue weighted by molar-refractivity contribution is 7.88. The topological polar surface area (TPSA) is 134 Å². The van der Waals surface area contributed by atoms with Crippen LogP contribution in [0.1, 0.15) is 31.0 Å². The lowest BCUT2D eigenvalue weighted by molar-refractivity contribution is -0.0659. The Hall–Kier alpha value is -3.60. The number of methoxy groups -OCH3 is 1. The predicted molar refractivity (Wildman–Crippen MR) is 130 cm³/mol. The molecule has 210 valence electrons. The first-order chi connectivity index (χ1) is 18.2. The zero-order valence-electron chi connectivity index (χ0n) is 20.8. The first-order valence-corrected chi connectivity index (χ1v) is 13.5. The molecule has 17 heteroatoms. The van der Waals surface area contributed by atoms with Crippen LogP contribution in [0.5, 0.6) is 5.88 Å². The second kappa shape index (κ2) is 9.25. The fraction of sp³-hybridized carbons (Fsp3) is 0.455. The smallest absolute Gasteiger partial charge is 0.270 e. The highest BCUT2D eigenvalue weighted by Crippen LogP contribution is 2.46. The molecule has 4 heterocycles. The third kappa shape index (κ3) is 4.42. The van der Waals surface area contributed by atoms with Gasteiger partial charge in [-0.15, -0.1) is 10.2 Å². The maximum absolute atomic E-state index is 16.4. The molecule has 4 aromatic rings. The molecule has 2 N–H and O–H groups in total. The van der Waals surface area contributed by atoms with Gasteiger partial charge in [-0.05, 0) is 31.0 Å². The van der Waals surface area contributed by atoms with Crippen LogP contribution in [0, 0.1) is 5.82 Å². The van der Waals surface area contributed by atoms with E-state index in [4.69, 9.17) is 10.5 Å². The number of nitrogen functional groups attached to an aromatic ring is 1. The van der Waals surface area contributed by atoms with E-state index in [1.54, 1.807) is 0 Å². The largest absolute Gasteiger partial charge is 0.479 e. The number of sulfonamides is 1. The van der Waals surface area contributed by atoms with Crippen molar-refractivity contribution in [2.75, 3.05) is 32.2 Å². The molecule has 1 saturated heterocycles. The predicted octanol–water partition coefficient (Wildman–Crippen LogP) is 3.08. The highest BCUT2D eigenvalue weighted by atomic mass is 32.2. The number of alkyl halides is 4. The normalized spacial score (nSPS) is 19.3. The van der Waals surface area contributed by atoms with Crippen LogP contribution in [0.2, 0.25) is 0 Å². The summed E-state index contributed by atoms with van der Waals surface area (Å²) in [6.45, 7) is -0.192. The third-order valence-corrected chi connectivity index (χ3v) is 8.06. The first kappa shape index (κ1) is 27.0. The van der Waals surface area contributed by atoms with Crippen LogP contribution in [-0.4, -0.2) is 81.1 Å². The molecule has 0 aliphatic carbocycles. The number of piperidine rings is 1. The molecule has 0 spiro atoms. The Balaban J connectivity index is 1.76. The summed E-state index contributed by atoms with van der Waals surface area (Å²) in [5, 5.41) is 11.6. The van der Waals surface area contributed by atoms with E-state index < -0.39 is 58.8 Å². The highest BCUT2D eigenvalue weighted by Gasteiger charge is 2.50. The van der Waals surface area contributed by atoms with Crippen LogP contribution in [0.4, 0.5) is 27.9 Å². The molecule has 2 atom stereocenters. The summed E-state index contributed by atoms with van der Waals surface area (Å²) < 4.78 is 106. The number of benzene rings is 1. The maximum atomic E-state index is 16.4. The number of hydrogen-bond acceptors (Lipinski definition) is 8. The van der Waals surface area contributed by atoms with E-state index in [2.05, 4.69) is 20.4 Å². The molecule has 0 radical (unpaired) electrons. The van der Waals surface area contributed by atoms with Crippen LogP contribution in [0.3, 0.4) is 0 Å². The molecular formula is C22H23F5N8O3S. The molecule has 3 aromatic heterocycles. The average Bonchev–Trinajstić information content (AvgIpc) is 3.39. The first-order valence-electron chi connectivity index (χ1n) is 11.6. The van der Waals surface area contributed by atoms with Crippen molar-refractivity contribution >= 4 is 32.5 Å². The van der Waals surface area contributed by atoms with Gasteiger partial charge in [0.05, 0.1) is 42.6 Å². The summed E-state index contributed by atoms with van der Waals surface area (Å²) in [4.78, 5) is 3.96. The number of halogens is 5. The van der Waals surface area contributed by atoms with Gasteiger partial charge < -0.3 is 10.5 Å². The fourth-order valence-corrected chi connectivity index (χ4v) is 5.71. The van der Waals surface area contributed by atoms with Crippen LogP contribution < -0.4 is 10.5 Å². The zero-order valence-corrected chi connectivity index (χ0v) is 21.6. The van der Waals surface area contributed by atoms with E-state index in [1.165, 1.54) is 32.2 Å². The zero-order chi connectivity index (χ0) is 28.4. The summed E-state index contributed by atoms with van der Waals surface area (Å²) in [5.41, 5.74) is 5.39. The molecule has 1 fully saturated rings. The minimum atomic E-state index is -3.92. The fourth-order valence-electron chi connectivity index (χ4n) is 4.87. The summed E-state index contributed by atoms with van der Waals surface area (Å²) in [6, 6.07) is 2.86. The quantitative estimate of drug-likeness (QED) is 0.348. The molecule has 0 amide bonds. The second-order valence-corrected chi connectivity index (χ2v) is 11.3. The minimum Gasteiger partial charge on any atom is -0.479 e. The molecule has 39 heavy (non-hydrogen) atoms. The molecule has 0 bridgehead atoms. The van der Waals surface area contributed by atoms with Crippen molar-refractivity contribution in [2.24, 2.45) is 0 Å². The van der Waals surface area contributed by atoms with Crippen LogP contribution in [-0.2, 0) is 10.0 Å². The van der Waals surface area contributed by atoms with E-state index in [0.29, 0.717) is 4.31 Å². The summed E-state index contributed by atoms with van der Waals surface area (Å²) >= 11 is 0. The lowest BCUT2D eigenvalue weighted by Crippen LogP contribution is -2.49. The van der Waals surface area contributed by atoms with Gasteiger partial charge in [-0.1, -0.05) is 11.3 Å². The molecule has 1 aliphatic rings. The number of hydrogen-bond donors (Lipinski definition) is 1. The molecule has 0 unspecified atom stereocenters. The molecule has 1 aliphatic heterocycles. The molecule has 5 rings (SSSR count). The lowest BCUT2D eigenvalue weighted by Gasteiger charge is -2.36. The van der Waals surface area contributed by atoms with Crippen molar-refractivity contribution in [1.29, 1.82) is 0 Å². The van der Waals surface area contributed by atoms with E-state index in [9.17, 15) is 17.2 Å². The minimum absolute atomic E-state index is 0.109. The van der Waals surface area contributed by atoms with Crippen molar-refractivity contribution in [2.45, 2.75) is 37.7 Å². The van der Waals surface area contributed by atoms with Gasteiger partial charge in [-0.3, -0.25) is 0 Å². The van der Waals surface area contributed by atoms with Crippen LogP contribution in [0.15, 0.2) is 18.2 Å². The Morgan fingerprint density at radius 3 is 2.59 bits per heavy atom. The standard InChI is InChI=1S/C22H23F5N8O3S/c1-10(19(24)25)34-14-8-11(4-5-13(14)30-32-34)15-16(23)17(35-18(15)20(38-2)29-21(28)31-35)12-6-7-33(39(3,36)37)9-22(12,26)27/h4-5,8,10,12,19H,6-7,9H2,1-3H3,(H2,28,31)/t10-,12+/m0/s1. The Morgan fingerprint density at radius 2 is 1.97 bits per heavy atom. The number of anilines is 1. The van der Waals surface area contributed by atoms with E-state index >= 15 is 13.2 Å². The SMILES string of the molecule is COc1nc(N)nn2c([C@H]3CCN(S(C)(=O)=O)CC3(F)F)c(F)c(-c3ccc4nnn([C@@H](C)C(F)F)c4c3)c12. The van der Waals surface area contributed by atoms with Crippen molar-refractivity contribution in [1.82, 2.24) is 33.9 Å².